The zero-order chi connectivity index (χ0) is 9.23. The lowest BCUT2D eigenvalue weighted by Gasteiger charge is -2.02. The average Bonchev–Trinajstić information content (AvgIpc) is 2.11. The van der Waals surface area contributed by atoms with E-state index in [1.54, 1.807) is 5.57 Å². The van der Waals surface area contributed by atoms with Gasteiger partial charge in [0, 0.05) is 0 Å². The second kappa shape index (κ2) is 8.54. The predicted octanol–water partition coefficient (Wildman–Crippen LogP) is 2.90. The van der Waals surface area contributed by atoms with E-state index in [1.165, 1.54) is 12.8 Å². The molecular formula is C11H21N. The molecule has 0 aromatic rings. The van der Waals surface area contributed by atoms with Gasteiger partial charge in [0.2, 0.25) is 0 Å². The third-order valence-electron chi connectivity index (χ3n) is 1.93. The minimum atomic E-state index is 1.09. The van der Waals surface area contributed by atoms with Crippen LogP contribution in [-0.4, -0.2) is 13.6 Å². The molecule has 0 spiro atoms. The van der Waals surface area contributed by atoms with E-state index < -0.39 is 0 Å². The second-order valence-corrected chi connectivity index (χ2v) is 2.87. The van der Waals surface area contributed by atoms with Crippen molar-refractivity contribution in [2.45, 2.75) is 33.1 Å². The number of hydrogen-bond acceptors (Lipinski definition) is 1. The third kappa shape index (κ3) is 6.17. The fourth-order valence-electron chi connectivity index (χ4n) is 1.08. The summed E-state index contributed by atoms with van der Waals surface area (Å²) >= 11 is 0. The summed E-state index contributed by atoms with van der Waals surface area (Å²) in [6, 6.07) is 0. The Morgan fingerprint density at radius 3 is 2.67 bits per heavy atom. The van der Waals surface area contributed by atoms with Crippen LogP contribution in [0.1, 0.15) is 33.1 Å². The van der Waals surface area contributed by atoms with Crippen molar-refractivity contribution in [3.05, 3.63) is 23.8 Å². The van der Waals surface area contributed by atoms with Gasteiger partial charge in [-0.05, 0) is 39.8 Å². The molecule has 1 heteroatoms. The monoisotopic (exact) mass is 167 g/mol. The quantitative estimate of drug-likeness (QED) is 0.600. The summed E-state index contributed by atoms with van der Waals surface area (Å²) in [7, 11) is 2.00. The molecule has 0 saturated carbocycles. The highest BCUT2D eigenvalue weighted by Gasteiger charge is 1.91. The van der Waals surface area contributed by atoms with Crippen molar-refractivity contribution < 1.29 is 0 Å². The lowest BCUT2D eigenvalue weighted by atomic mass is 10.1. The molecule has 0 heterocycles. The van der Waals surface area contributed by atoms with Crippen LogP contribution in [-0.2, 0) is 0 Å². The van der Waals surface area contributed by atoms with Crippen molar-refractivity contribution in [2.24, 2.45) is 0 Å². The van der Waals surface area contributed by atoms with Gasteiger partial charge in [-0.15, -0.1) is 0 Å². The van der Waals surface area contributed by atoms with Crippen molar-refractivity contribution in [3.63, 3.8) is 0 Å². The Morgan fingerprint density at radius 1 is 1.42 bits per heavy atom. The van der Waals surface area contributed by atoms with Gasteiger partial charge in [-0.3, -0.25) is 0 Å². The van der Waals surface area contributed by atoms with Gasteiger partial charge in [0.25, 0.3) is 0 Å². The molecule has 0 aliphatic carbocycles. The molecule has 1 N–H and O–H groups in total. The molecular weight excluding hydrogens is 146 g/mol. The van der Waals surface area contributed by atoms with Gasteiger partial charge in [-0.2, -0.15) is 0 Å². The molecule has 0 aliphatic heterocycles. The van der Waals surface area contributed by atoms with Crippen LogP contribution in [0.4, 0.5) is 0 Å². The van der Waals surface area contributed by atoms with Crippen molar-refractivity contribution in [3.8, 4) is 0 Å². The lowest BCUT2D eigenvalue weighted by Crippen LogP contribution is -2.08. The largest absolute Gasteiger partial charge is 0.319 e. The van der Waals surface area contributed by atoms with Crippen LogP contribution in [0.25, 0.3) is 0 Å². The van der Waals surface area contributed by atoms with E-state index in [9.17, 15) is 0 Å². The summed E-state index contributed by atoms with van der Waals surface area (Å²) in [5.74, 6) is 0. The Hall–Kier alpha value is -0.560. The van der Waals surface area contributed by atoms with Crippen LogP contribution in [0.3, 0.4) is 0 Å². The van der Waals surface area contributed by atoms with E-state index in [0.717, 1.165) is 13.0 Å². The van der Waals surface area contributed by atoms with E-state index >= 15 is 0 Å². The van der Waals surface area contributed by atoms with Gasteiger partial charge < -0.3 is 5.32 Å². The third-order valence-corrected chi connectivity index (χ3v) is 1.93. The van der Waals surface area contributed by atoms with E-state index in [4.69, 9.17) is 0 Å². The van der Waals surface area contributed by atoms with E-state index in [2.05, 4.69) is 37.4 Å². The minimum absolute atomic E-state index is 1.09. The second-order valence-electron chi connectivity index (χ2n) is 2.87. The van der Waals surface area contributed by atoms with Crippen LogP contribution in [0.2, 0.25) is 0 Å². The summed E-state index contributed by atoms with van der Waals surface area (Å²) in [5, 5.41) is 3.16. The fraction of sp³-hybridized carbons (Fsp3) is 0.636. The molecule has 0 atom stereocenters. The van der Waals surface area contributed by atoms with Gasteiger partial charge in [0.1, 0.15) is 0 Å². The number of rotatable bonds is 6. The number of nitrogens with one attached hydrogen (secondary N) is 1. The summed E-state index contributed by atoms with van der Waals surface area (Å²) < 4.78 is 0. The Morgan fingerprint density at radius 2 is 2.17 bits per heavy atom. The van der Waals surface area contributed by atoms with E-state index in [0.29, 0.717) is 0 Å². The summed E-state index contributed by atoms with van der Waals surface area (Å²) in [6.45, 7) is 5.37. The molecule has 0 aliphatic rings. The van der Waals surface area contributed by atoms with E-state index in [-0.39, 0.29) is 0 Å². The number of allylic oxidation sites excluding steroid dienone is 3. The van der Waals surface area contributed by atoms with Crippen LogP contribution in [0.5, 0.6) is 0 Å². The maximum Gasteiger partial charge on any atom is -0.00146 e. The Labute approximate surface area is 76.6 Å². The summed E-state index contributed by atoms with van der Waals surface area (Å²) in [5.41, 5.74) is 1.56. The predicted molar refractivity (Wildman–Crippen MR) is 56.3 cm³/mol. The Kier molecular flexibility index (Phi) is 8.14. The molecule has 1 nitrogen and oxygen atoms in total. The zero-order valence-electron chi connectivity index (χ0n) is 8.56. The highest BCUT2D eigenvalue weighted by Crippen LogP contribution is 2.06. The fourth-order valence-corrected chi connectivity index (χ4v) is 1.08. The van der Waals surface area contributed by atoms with Crippen LogP contribution >= 0.6 is 0 Å². The molecule has 12 heavy (non-hydrogen) atoms. The van der Waals surface area contributed by atoms with Crippen molar-refractivity contribution >= 4 is 0 Å². The van der Waals surface area contributed by atoms with Crippen LogP contribution in [0, 0.1) is 0 Å². The van der Waals surface area contributed by atoms with Crippen molar-refractivity contribution in [2.75, 3.05) is 13.6 Å². The first-order chi connectivity index (χ1) is 5.85. The Balaban J connectivity index is 3.70. The van der Waals surface area contributed by atoms with Gasteiger partial charge >= 0.3 is 0 Å². The SMILES string of the molecule is C/C=C\C/C=C(\CC)CCNC. The highest BCUT2D eigenvalue weighted by molar-refractivity contribution is 5.04. The topological polar surface area (TPSA) is 12.0 Å². The van der Waals surface area contributed by atoms with Crippen LogP contribution in [0.15, 0.2) is 23.8 Å². The highest BCUT2D eigenvalue weighted by atomic mass is 14.8. The maximum absolute atomic E-state index is 3.16. The zero-order valence-corrected chi connectivity index (χ0v) is 8.56. The molecule has 0 radical (unpaired) electrons. The van der Waals surface area contributed by atoms with Gasteiger partial charge in [0.05, 0.1) is 0 Å². The molecule has 0 bridgehead atoms. The molecule has 0 fully saturated rings. The molecule has 0 unspecified atom stereocenters. The molecule has 0 rings (SSSR count). The molecule has 70 valence electrons. The standard InChI is InChI=1S/C11H21N/c1-4-6-7-8-11(5-2)9-10-12-3/h4,6,8,12H,5,7,9-10H2,1-3H3/b6-4-,11-8+. The Bertz CT molecular complexity index is 145. The normalized spacial score (nSPS) is 12.8. The maximum atomic E-state index is 3.16. The van der Waals surface area contributed by atoms with Crippen molar-refractivity contribution in [1.82, 2.24) is 5.32 Å². The molecule has 0 amide bonds. The first kappa shape index (κ1) is 11.4. The average molecular weight is 167 g/mol. The smallest absolute Gasteiger partial charge is 0.00146 e. The van der Waals surface area contributed by atoms with Gasteiger partial charge in [-0.25, -0.2) is 0 Å². The first-order valence-corrected chi connectivity index (χ1v) is 4.78. The molecule has 0 saturated heterocycles. The number of hydrogen-bond donors (Lipinski definition) is 1. The van der Waals surface area contributed by atoms with Crippen molar-refractivity contribution in [1.29, 1.82) is 0 Å². The molecule has 0 aromatic heterocycles. The first-order valence-electron chi connectivity index (χ1n) is 4.78. The van der Waals surface area contributed by atoms with E-state index in [1.807, 2.05) is 7.05 Å². The van der Waals surface area contributed by atoms with Gasteiger partial charge in [-0.1, -0.05) is 30.7 Å². The minimum Gasteiger partial charge on any atom is -0.319 e. The summed E-state index contributed by atoms with van der Waals surface area (Å²) in [4.78, 5) is 0. The molecule has 0 aromatic carbocycles. The lowest BCUT2D eigenvalue weighted by molar-refractivity contribution is 0.765. The summed E-state index contributed by atoms with van der Waals surface area (Å²) in [6.07, 6.45) is 10.1. The van der Waals surface area contributed by atoms with Crippen LogP contribution < -0.4 is 5.32 Å². The van der Waals surface area contributed by atoms with Gasteiger partial charge in [0.15, 0.2) is 0 Å².